The molecule has 4 heterocycles. The first-order chi connectivity index (χ1) is 19.7. The molecule has 2 aliphatic heterocycles. The average Bonchev–Trinajstić information content (AvgIpc) is 3.29. The van der Waals surface area contributed by atoms with Crippen molar-refractivity contribution in [1.82, 2.24) is 24.7 Å². The van der Waals surface area contributed by atoms with E-state index in [0.29, 0.717) is 17.5 Å². The SMILES string of the molecule is C=Nc1sc(Nc2cc(CN3C[C@@H](C)O[C@@H](C)C3)cc(NC3CCCN(C(=O)/C=C/CN(C)C)C3)n2)nc1/C=C\C. The number of likely N-dealkylation sites (N-methyl/N-ethyl adjacent to an activating group) is 1. The summed E-state index contributed by atoms with van der Waals surface area (Å²) in [6.07, 6.45) is 9.79. The number of piperidine rings is 1. The van der Waals surface area contributed by atoms with Crippen molar-refractivity contribution in [1.29, 1.82) is 0 Å². The van der Waals surface area contributed by atoms with E-state index in [1.807, 2.05) is 49.0 Å². The van der Waals surface area contributed by atoms with Crippen molar-refractivity contribution >= 4 is 51.8 Å². The fraction of sp³-hybridized carbons (Fsp3) is 0.533. The number of anilines is 3. The molecule has 11 heteroatoms. The van der Waals surface area contributed by atoms with E-state index in [9.17, 15) is 4.79 Å². The number of aromatic nitrogens is 2. The van der Waals surface area contributed by atoms with Crippen molar-refractivity contribution in [2.75, 3.05) is 57.5 Å². The van der Waals surface area contributed by atoms with Crippen molar-refractivity contribution in [3.63, 3.8) is 0 Å². The van der Waals surface area contributed by atoms with E-state index in [2.05, 4.69) is 58.2 Å². The number of morpholine rings is 1. The van der Waals surface area contributed by atoms with Gasteiger partial charge in [-0.15, -0.1) is 0 Å². The van der Waals surface area contributed by atoms with Crippen LogP contribution in [-0.4, -0.2) is 102 Å². The Bertz CT molecular complexity index is 1230. The van der Waals surface area contributed by atoms with Crippen LogP contribution in [0.15, 0.2) is 35.4 Å². The van der Waals surface area contributed by atoms with E-state index < -0.39 is 0 Å². The van der Waals surface area contributed by atoms with E-state index in [0.717, 1.165) is 67.6 Å². The Labute approximate surface area is 248 Å². The van der Waals surface area contributed by atoms with Gasteiger partial charge in [-0.25, -0.2) is 9.97 Å². The maximum Gasteiger partial charge on any atom is 0.246 e. The molecule has 0 aromatic carbocycles. The van der Waals surface area contributed by atoms with E-state index in [4.69, 9.17) is 9.72 Å². The second-order valence-corrected chi connectivity index (χ2v) is 12.1. The second kappa shape index (κ2) is 14.7. The van der Waals surface area contributed by atoms with Crippen molar-refractivity contribution in [3.8, 4) is 0 Å². The van der Waals surface area contributed by atoms with Gasteiger partial charge in [-0.3, -0.25) is 14.7 Å². The number of nitrogens with one attached hydrogen (secondary N) is 2. The monoisotopic (exact) mass is 580 g/mol. The summed E-state index contributed by atoms with van der Waals surface area (Å²) in [7, 11) is 3.98. The number of likely N-dealkylation sites (tertiary alicyclic amines) is 1. The van der Waals surface area contributed by atoms with Gasteiger partial charge in [0, 0.05) is 51.4 Å². The normalized spacial score (nSPS) is 22.1. The molecule has 2 N–H and O–H groups in total. The van der Waals surface area contributed by atoms with Gasteiger partial charge in [0.05, 0.1) is 12.2 Å². The second-order valence-electron chi connectivity index (χ2n) is 11.1. The highest BCUT2D eigenvalue weighted by atomic mass is 32.1. The van der Waals surface area contributed by atoms with Gasteiger partial charge in [0.15, 0.2) is 5.13 Å². The topological polar surface area (TPSA) is 98.2 Å². The third-order valence-electron chi connectivity index (χ3n) is 6.94. The highest BCUT2D eigenvalue weighted by molar-refractivity contribution is 7.19. The molecule has 0 radical (unpaired) electrons. The summed E-state index contributed by atoms with van der Waals surface area (Å²) in [6, 6.07) is 4.32. The molecular formula is C30H44N8O2S. The molecule has 0 saturated carbocycles. The molecule has 3 atom stereocenters. The highest BCUT2D eigenvalue weighted by Crippen LogP contribution is 2.33. The molecule has 2 aromatic rings. The van der Waals surface area contributed by atoms with Gasteiger partial charge in [-0.05, 0) is 78.2 Å². The van der Waals surface area contributed by atoms with Crippen LogP contribution in [0.25, 0.3) is 6.08 Å². The summed E-state index contributed by atoms with van der Waals surface area (Å²) in [6.45, 7) is 14.6. The first kappa shape index (κ1) is 30.8. The van der Waals surface area contributed by atoms with Crippen LogP contribution in [0.2, 0.25) is 0 Å². The Kier molecular flexibility index (Phi) is 11.0. The van der Waals surface area contributed by atoms with Gasteiger partial charge in [-0.1, -0.05) is 23.5 Å². The first-order valence-corrected chi connectivity index (χ1v) is 15.2. The van der Waals surface area contributed by atoms with Gasteiger partial charge in [-0.2, -0.15) is 0 Å². The first-order valence-electron chi connectivity index (χ1n) is 14.3. The lowest BCUT2D eigenvalue weighted by Gasteiger charge is -2.35. The summed E-state index contributed by atoms with van der Waals surface area (Å²) in [5.74, 6) is 1.56. The van der Waals surface area contributed by atoms with Gasteiger partial charge < -0.3 is 25.2 Å². The van der Waals surface area contributed by atoms with E-state index in [-0.39, 0.29) is 24.2 Å². The third-order valence-corrected chi connectivity index (χ3v) is 7.86. The molecule has 10 nitrogen and oxygen atoms in total. The predicted molar refractivity (Wildman–Crippen MR) is 170 cm³/mol. The summed E-state index contributed by atoms with van der Waals surface area (Å²) < 4.78 is 5.95. The smallest absolute Gasteiger partial charge is 0.246 e. The zero-order valence-corrected chi connectivity index (χ0v) is 25.8. The van der Waals surface area contributed by atoms with Crippen LogP contribution in [0.1, 0.15) is 44.9 Å². The van der Waals surface area contributed by atoms with Crippen LogP contribution >= 0.6 is 11.3 Å². The van der Waals surface area contributed by atoms with Crippen LogP contribution < -0.4 is 10.6 Å². The number of hydrogen-bond acceptors (Lipinski definition) is 10. The molecule has 222 valence electrons. The Morgan fingerprint density at radius 3 is 2.68 bits per heavy atom. The van der Waals surface area contributed by atoms with Crippen molar-refractivity contribution < 1.29 is 9.53 Å². The zero-order chi connectivity index (χ0) is 29.4. The van der Waals surface area contributed by atoms with Gasteiger partial charge in [0.1, 0.15) is 22.3 Å². The number of rotatable bonds is 11. The lowest BCUT2D eigenvalue weighted by molar-refractivity contribution is -0.127. The molecule has 0 bridgehead atoms. The minimum atomic E-state index is 0.0605. The summed E-state index contributed by atoms with van der Waals surface area (Å²) in [5.41, 5.74) is 1.93. The number of carbonyl (C=O) groups is 1. The number of aliphatic imine (C=N–C) groups is 1. The fourth-order valence-corrected chi connectivity index (χ4v) is 6.09. The van der Waals surface area contributed by atoms with Gasteiger partial charge in [0.25, 0.3) is 0 Å². The molecule has 1 amide bonds. The maximum absolute atomic E-state index is 12.8. The summed E-state index contributed by atoms with van der Waals surface area (Å²) in [5, 5.41) is 8.51. The van der Waals surface area contributed by atoms with E-state index >= 15 is 0 Å². The minimum Gasteiger partial charge on any atom is -0.373 e. The number of thiazole rings is 1. The average molecular weight is 581 g/mol. The largest absolute Gasteiger partial charge is 0.373 e. The number of carbonyl (C=O) groups excluding carboxylic acids is 1. The molecule has 41 heavy (non-hydrogen) atoms. The minimum absolute atomic E-state index is 0.0605. The van der Waals surface area contributed by atoms with E-state index in [1.165, 1.54) is 11.3 Å². The maximum atomic E-state index is 12.8. The Morgan fingerprint density at radius 1 is 1.22 bits per heavy atom. The number of hydrogen-bond donors (Lipinski definition) is 2. The van der Waals surface area contributed by atoms with Crippen LogP contribution in [-0.2, 0) is 16.1 Å². The fourth-order valence-electron chi connectivity index (χ4n) is 5.33. The number of ether oxygens (including phenoxy) is 1. The van der Waals surface area contributed by atoms with Crippen LogP contribution in [0.4, 0.5) is 21.8 Å². The molecule has 0 aliphatic carbocycles. The van der Waals surface area contributed by atoms with Crippen LogP contribution in [0.5, 0.6) is 0 Å². The Hall–Kier alpha value is -3.12. The molecular weight excluding hydrogens is 536 g/mol. The van der Waals surface area contributed by atoms with Crippen molar-refractivity contribution in [2.45, 2.75) is 58.4 Å². The Morgan fingerprint density at radius 2 is 1.98 bits per heavy atom. The number of amides is 1. The molecule has 2 saturated heterocycles. The van der Waals surface area contributed by atoms with Gasteiger partial charge in [0.2, 0.25) is 5.91 Å². The molecule has 0 spiro atoms. The van der Waals surface area contributed by atoms with Gasteiger partial charge >= 0.3 is 0 Å². The van der Waals surface area contributed by atoms with E-state index in [1.54, 1.807) is 6.08 Å². The number of allylic oxidation sites excluding steroid dienone is 1. The third kappa shape index (κ3) is 9.19. The molecule has 2 aromatic heterocycles. The van der Waals surface area contributed by atoms with Crippen LogP contribution in [0.3, 0.4) is 0 Å². The lowest BCUT2D eigenvalue weighted by Crippen LogP contribution is -2.45. The lowest BCUT2D eigenvalue weighted by atomic mass is 10.1. The molecule has 2 aliphatic rings. The quantitative estimate of drug-likeness (QED) is 0.290. The standard InChI is InChI=1S/C30H44N8O2S/c1-7-10-25-29(31-4)41-30(33-25)35-27-16-23(19-37-17-21(2)40-22(3)18-37)15-26(34-27)32-24-11-8-14-38(20-24)28(39)12-9-13-36(5)6/h7,9-10,12,15-16,21-22,24H,4,8,11,13-14,17-20H2,1-3,5-6H3,(H2,32,33,34,35)/b10-7-,12-9+/t21-,22+,24?. The van der Waals surface area contributed by atoms with Crippen molar-refractivity contribution in [3.05, 3.63) is 41.6 Å². The molecule has 4 rings (SSSR count). The number of pyridine rings is 1. The molecule has 1 unspecified atom stereocenters. The predicted octanol–water partition coefficient (Wildman–Crippen LogP) is 4.78. The Balaban J connectivity index is 1.53. The van der Waals surface area contributed by atoms with Crippen LogP contribution in [0, 0.1) is 0 Å². The molecule has 2 fully saturated rings. The van der Waals surface area contributed by atoms with Crippen molar-refractivity contribution in [2.24, 2.45) is 4.99 Å². The zero-order valence-electron chi connectivity index (χ0n) is 25.0. The highest BCUT2D eigenvalue weighted by Gasteiger charge is 2.25. The summed E-state index contributed by atoms with van der Waals surface area (Å²) in [4.78, 5) is 32.9. The summed E-state index contributed by atoms with van der Waals surface area (Å²) >= 11 is 1.45. The number of nitrogens with zero attached hydrogens (tertiary/aromatic N) is 6.